The fourth-order valence-electron chi connectivity index (χ4n) is 2.71. The highest BCUT2D eigenvalue weighted by Gasteiger charge is 2.36. The summed E-state index contributed by atoms with van der Waals surface area (Å²) in [5.41, 5.74) is 1.18. The van der Waals surface area contributed by atoms with Gasteiger partial charge in [0.2, 0.25) is 5.91 Å². The van der Waals surface area contributed by atoms with Gasteiger partial charge in [0.1, 0.15) is 0 Å². The first-order valence-electron chi connectivity index (χ1n) is 8.09. The second-order valence-corrected chi connectivity index (χ2v) is 6.66. The van der Waals surface area contributed by atoms with Gasteiger partial charge in [0.25, 0.3) is 0 Å². The van der Waals surface area contributed by atoms with Crippen molar-refractivity contribution < 1.29 is 9.53 Å². The number of amides is 1. The van der Waals surface area contributed by atoms with Crippen LogP contribution in [0.25, 0.3) is 0 Å². The number of hydrogen-bond acceptors (Lipinski definition) is 2. The van der Waals surface area contributed by atoms with E-state index in [-0.39, 0.29) is 24.2 Å². The van der Waals surface area contributed by atoms with E-state index in [0.717, 1.165) is 19.3 Å². The van der Waals surface area contributed by atoms with Crippen LogP contribution in [-0.2, 0) is 9.53 Å². The molecule has 1 aliphatic heterocycles. The zero-order valence-electron chi connectivity index (χ0n) is 14.3. The third kappa shape index (κ3) is 5.37. The Morgan fingerprint density at radius 2 is 2.14 bits per heavy atom. The van der Waals surface area contributed by atoms with Crippen molar-refractivity contribution in [2.45, 2.75) is 65.2 Å². The van der Waals surface area contributed by atoms with Gasteiger partial charge in [-0.25, -0.2) is 0 Å². The van der Waals surface area contributed by atoms with E-state index in [1.165, 1.54) is 5.57 Å². The van der Waals surface area contributed by atoms with Crippen molar-refractivity contribution in [3.8, 4) is 0 Å². The molecule has 0 N–H and O–H groups in total. The van der Waals surface area contributed by atoms with E-state index in [0.29, 0.717) is 5.92 Å². The molecule has 1 fully saturated rings. The van der Waals surface area contributed by atoms with Gasteiger partial charge in [-0.1, -0.05) is 44.2 Å². The molecule has 0 aromatic rings. The molecule has 1 heterocycles. The van der Waals surface area contributed by atoms with Crippen LogP contribution in [0.4, 0.5) is 0 Å². The summed E-state index contributed by atoms with van der Waals surface area (Å²) in [7, 11) is 2.56. The summed E-state index contributed by atoms with van der Waals surface area (Å²) in [5.74, 6) is 0.446. The molecule has 4 heteroatoms. The number of carbonyl (C=O) groups is 1. The Bertz CT molecular complexity index is 444. The summed E-state index contributed by atoms with van der Waals surface area (Å²) in [6, 6.07) is 0.106. The highest BCUT2D eigenvalue weighted by Crippen LogP contribution is 2.32. The Kier molecular flexibility index (Phi) is 8.06. The molecule has 0 aliphatic carbocycles. The smallest absolute Gasteiger partial charge is 0.249 e. The number of rotatable bonds is 6. The lowest BCUT2D eigenvalue weighted by Crippen LogP contribution is -2.49. The number of nitrogens with zero attached hydrogens (tertiary/aromatic N) is 1. The normalized spacial score (nSPS) is 29.6. The van der Waals surface area contributed by atoms with Gasteiger partial charge >= 0.3 is 0 Å². The molecule has 1 aliphatic rings. The van der Waals surface area contributed by atoms with E-state index in [4.69, 9.17) is 4.74 Å². The molecule has 3 nitrogen and oxygen atoms in total. The maximum absolute atomic E-state index is 12.1. The van der Waals surface area contributed by atoms with Crippen LogP contribution in [0.15, 0.2) is 36.5 Å². The lowest BCUT2D eigenvalue weighted by atomic mass is 9.88. The van der Waals surface area contributed by atoms with E-state index < -0.39 is 0 Å². The average Bonchev–Trinajstić information content (AvgIpc) is 2.51. The van der Waals surface area contributed by atoms with Crippen molar-refractivity contribution in [1.29, 1.82) is 0 Å². The predicted octanol–water partition coefficient (Wildman–Crippen LogP) is 4.28. The minimum absolute atomic E-state index is 0.0281. The summed E-state index contributed by atoms with van der Waals surface area (Å²) in [5, 5.41) is 0. The van der Waals surface area contributed by atoms with Crippen LogP contribution in [0, 0.1) is 5.92 Å². The lowest BCUT2D eigenvalue weighted by Gasteiger charge is -2.42. The Balaban J connectivity index is 2.67. The average molecular weight is 323 g/mol. The van der Waals surface area contributed by atoms with Gasteiger partial charge in [0.15, 0.2) is 0 Å². The molecule has 22 heavy (non-hydrogen) atoms. The van der Waals surface area contributed by atoms with E-state index in [1.807, 2.05) is 19.1 Å². The second-order valence-electron chi connectivity index (χ2n) is 6.10. The number of hydrogen-bond donors (Lipinski definition) is 0. The molecule has 1 saturated heterocycles. The van der Waals surface area contributed by atoms with Gasteiger partial charge in [-0.3, -0.25) is 4.79 Å². The van der Waals surface area contributed by atoms with Gasteiger partial charge in [-0.2, -0.15) is 0 Å². The molecule has 124 valence electrons. The minimum Gasteiger partial charge on any atom is -0.373 e. The van der Waals surface area contributed by atoms with E-state index in [9.17, 15) is 4.79 Å². The topological polar surface area (TPSA) is 29.5 Å². The van der Waals surface area contributed by atoms with Crippen LogP contribution < -0.4 is 0 Å². The summed E-state index contributed by atoms with van der Waals surface area (Å²) < 4.78 is 7.92. The van der Waals surface area contributed by atoms with Gasteiger partial charge in [0.05, 0.1) is 18.2 Å². The zero-order valence-corrected chi connectivity index (χ0v) is 15.4. The Morgan fingerprint density at radius 1 is 1.45 bits per heavy atom. The van der Waals surface area contributed by atoms with Crippen molar-refractivity contribution in [2.24, 2.45) is 5.92 Å². The maximum Gasteiger partial charge on any atom is 0.249 e. The van der Waals surface area contributed by atoms with Gasteiger partial charge < -0.3 is 9.41 Å². The van der Waals surface area contributed by atoms with Crippen molar-refractivity contribution in [3.63, 3.8) is 0 Å². The van der Waals surface area contributed by atoms with Gasteiger partial charge in [-0.05, 0) is 54.5 Å². The largest absolute Gasteiger partial charge is 0.373 e. The SMILES string of the molecule is C=C/C(C)=C/C[C@@H]1O[C@H](C)[C@H](N(P)C(=O)/C=C\CC)C[C@@H]1C. The summed E-state index contributed by atoms with van der Waals surface area (Å²) >= 11 is 0. The Hall–Kier alpha value is -0.920. The van der Waals surface area contributed by atoms with Gasteiger partial charge in [0, 0.05) is 0 Å². The van der Waals surface area contributed by atoms with Crippen LogP contribution in [0.1, 0.15) is 47.0 Å². The zero-order chi connectivity index (χ0) is 16.7. The molecule has 1 unspecified atom stereocenters. The van der Waals surface area contributed by atoms with Crippen molar-refractivity contribution in [3.05, 3.63) is 36.5 Å². The van der Waals surface area contributed by atoms with Crippen LogP contribution in [0.3, 0.4) is 0 Å². The third-order valence-electron chi connectivity index (χ3n) is 4.28. The molecular weight excluding hydrogens is 293 g/mol. The maximum atomic E-state index is 12.1. The van der Waals surface area contributed by atoms with Crippen LogP contribution in [0.2, 0.25) is 0 Å². The van der Waals surface area contributed by atoms with Crippen molar-refractivity contribution in [1.82, 2.24) is 4.67 Å². The molecule has 5 atom stereocenters. The quantitative estimate of drug-likeness (QED) is 0.415. The molecule has 0 aromatic carbocycles. The number of carbonyl (C=O) groups excluding carboxylic acids is 1. The van der Waals surface area contributed by atoms with Crippen molar-refractivity contribution in [2.75, 3.05) is 0 Å². The summed E-state index contributed by atoms with van der Waals surface area (Å²) in [6.45, 7) is 12.1. The summed E-state index contributed by atoms with van der Waals surface area (Å²) in [6.07, 6.45) is 10.6. The van der Waals surface area contributed by atoms with Crippen LogP contribution in [0.5, 0.6) is 0 Å². The number of allylic oxidation sites excluding steroid dienone is 3. The first-order chi connectivity index (χ1) is 10.4. The second kappa shape index (κ2) is 9.27. The predicted molar refractivity (Wildman–Crippen MR) is 96.5 cm³/mol. The lowest BCUT2D eigenvalue weighted by molar-refractivity contribution is -0.134. The standard InChI is InChI=1S/C18H30NO2P/c1-6-8-9-18(20)19(22)16-12-14(4)17(21-15(16)5)11-10-13(3)7-2/h7-10,14-17H,2,6,11-12,22H2,1,3-5H3/b9-8-,13-10+/t14-,15+,16+,17-/m0/s1. The van der Waals surface area contributed by atoms with Crippen LogP contribution >= 0.6 is 9.39 Å². The molecule has 0 saturated carbocycles. The minimum atomic E-state index is 0.0281. The highest BCUT2D eigenvalue weighted by molar-refractivity contribution is 7.14. The van der Waals surface area contributed by atoms with Gasteiger partial charge in [-0.15, -0.1) is 0 Å². The van der Waals surface area contributed by atoms with Crippen LogP contribution in [-0.4, -0.2) is 28.8 Å². The third-order valence-corrected chi connectivity index (χ3v) is 4.92. The Morgan fingerprint density at radius 3 is 2.73 bits per heavy atom. The van der Waals surface area contributed by atoms with E-state index >= 15 is 0 Å². The van der Waals surface area contributed by atoms with E-state index in [1.54, 1.807) is 10.7 Å². The molecular formula is C18H30NO2P. The highest BCUT2D eigenvalue weighted by atomic mass is 31.0. The number of ether oxygens (including phenoxy) is 1. The molecule has 1 amide bonds. The fourth-order valence-corrected chi connectivity index (χ4v) is 3.16. The first-order valence-corrected chi connectivity index (χ1v) is 8.61. The summed E-state index contributed by atoms with van der Waals surface area (Å²) in [4.78, 5) is 12.1. The molecule has 0 bridgehead atoms. The first kappa shape index (κ1) is 19.1. The Labute approximate surface area is 137 Å². The molecule has 0 radical (unpaired) electrons. The molecule has 0 aromatic heterocycles. The van der Waals surface area contributed by atoms with E-state index in [2.05, 4.69) is 42.8 Å². The van der Waals surface area contributed by atoms with Crippen molar-refractivity contribution >= 4 is 15.3 Å². The monoisotopic (exact) mass is 323 g/mol. The molecule has 1 rings (SSSR count). The molecule has 0 spiro atoms. The fraction of sp³-hybridized carbons (Fsp3) is 0.611.